The second-order valence-electron chi connectivity index (χ2n) is 7.66. The van der Waals surface area contributed by atoms with Gasteiger partial charge in [-0.2, -0.15) is 0 Å². The molecule has 1 unspecified atom stereocenters. The molecule has 0 spiro atoms. The number of hydrogen-bond donors (Lipinski definition) is 1. The molecule has 1 fully saturated rings. The minimum Gasteiger partial charge on any atom is -0.466 e. The first-order chi connectivity index (χ1) is 15.4. The van der Waals surface area contributed by atoms with E-state index in [4.69, 9.17) is 4.74 Å². The SMILES string of the molecule is CSc1nc2c(C(=O)N3CCC(F)(F)C(Oc4ccc5ccccc5n4)C3)cccc2[nH]1. The average molecular weight is 455 g/mol. The highest BCUT2D eigenvalue weighted by Crippen LogP contribution is 2.33. The van der Waals surface area contributed by atoms with Gasteiger partial charge >= 0.3 is 0 Å². The Labute approximate surface area is 187 Å². The molecule has 6 nitrogen and oxygen atoms in total. The Morgan fingerprint density at radius 2 is 2.00 bits per heavy atom. The largest absolute Gasteiger partial charge is 0.466 e. The van der Waals surface area contributed by atoms with Gasteiger partial charge < -0.3 is 14.6 Å². The van der Waals surface area contributed by atoms with E-state index in [1.54, 1.807) is 30.3 Å². The van der Waals surface area contributed by atoms with E-state index in [1.807, 2.05) is 30.5 Å². The number of hydrogen-bond acceptors (Lipinski definition) is 5. The summed E-state index contributed by atoms with van der Waals surface area (Å²) in [6, 6.07) is 16.0. The Balaban J connectivity index is 1.40. The molecular weight excluding hydrogens is 434 g/mol. The minimum atomic E-state index is -3.07. The highest BCUT2D eigenvalue weighted by atomic mass is 32.2. The number of likely N-dealkylation sites (tertiary alicyclic amines) is 1. The van der Waals surface area contributed by atoms with Gasteiger partial charge in [-0.3, -0.25) is 4.79 Å². The number of ether oxygens (including phenoxy) is 1. The highest BCUT2D eigenvalue weighted by molar-refractivity contribution is 7.98. The molecule has 1 aliphatic rings. The van der Waals surface area contributed by atoms with Crippen LogP contribution in [0.25, 0.3) is 21.9 Å². The Morgan fingerprint density at radius 3 is 2.84 bits per heavy atom. The molecule has 4 aromatic rings. The minimum absolute atomic E-state index is 0.0625. The maximum atomic E-state index is 14.7. The van der Waals surface area contributed by atoms with Gasteiger partial charge in [-0.15, -0.1) is 0 Å². The normalized spacial score (nSPS) is 18.2. The Kier molecular flexibility index (Phi) is 5.21. The summed E-state index contributed by atoms with van der Waals surface area (Å²) in [6.07, 6.45) is -0.0906. The van der Waals surface area contributed by atoms with Crippen LogP contribution >= 0.6 is 11.8 Å². The molecule has 1 saturated heterocycles. The Morgan fingerprint density at radius 1 is 1.16 bits per heavy atom. The predicted molar refractivity (Wildman–Crippen MR) is 120 cm³/mol. The van der Waals surface area contributed by atoms with Crippen molar-refractivity contribution in [3.63, 3.8) is 0 Å². The lowest BCUT2D eigenvalue weighted by molar-refractivity contribution is -0.131. The molecule has 9 heteroatoms. The molecule has 0 saturated carbocycles. The molecule has 1 atom stereocenters. The van der Waals surface area contributed by atoms with Crippen LogP contribution in [0.15, 0.2) is 59.8 Å². The number of rotatable bonds is 4. The molecule has 0 aliphatic carbocycles. The van der Waals surface area contributed by atoms with E-state index in [9.17, 15) is 13.6 Å². The van der Waals surface area contributed by atoms with Crippen molar-refractivity contribution in [3.05, 3.63) is 60.2 Å². The van der Waals surface area contributed by atoms with E-state index < -0.39 is 18.4 Å². The van der Waals surface area contributed by atoms with Crippen LogP contribution in [-0.2, 0) is 0 Å². The molecular formula is C23H20F2N4O2S. The fourth-order valence-corrected chi connectivity index (χ4v) is 4.28. The van der Waals surface area contributed by atoms with Gasteiger partial charge in [-0.25, -0.2) is 18.7 Å². The monoisotopic (exact) mass is 454 g/mol. The lowest BCUT2D eigenvalue weighted by atomic mass is 10.0. The van der Waals surface area contributed by atoms with Gasteiger partial charge in [-0.1, -0.05) is 36.0 Å². The van der Waals surface area contributed by atoms with Crippen LogP contribution in [0, 0.1) is 0 Å². The number of amides is 1. The zero-order chi connectivity index (χ0) is 22.3. The number of aromatic amines is 1. The predicted octanol–water partition coefficient (Wildman–Crippen LogP) is 4.76. The summed E-state index contributed by atoms with van der Waals surface area (Å²) in [6.45, 7) is -0.302. The number of carbonyl (C=O) groups is 1. The Bertz CT molecular complexity index is 1310. The van der Waals surface area contributed by atoms with E-state index in [2.05, 4.69) is 15.0 Å². The van der Waals surface area contributed by atoms with E-state index in [-0.39, 0.29) is 24.9 Å². The maximum absolute atomic E-state index is 14.7. The first kappa shape index (κ1) is 20.7. The van der Waals surface area contributed by atoms with Gasteiger partial charge in [0.1, 0.15) is 5.52 Å². The topological polar surface area (TPSA) is 71.1 Å². The number of nitrogens with one attached hydrogen (secondary N) is 1. The van der Waals surface area contributed by atoms with Gasteiger partial charge in [0.2, 0.25) is 5.88 Å². The van der Waals surface area contributed by atoms with Crippen LogP contribution in [0.2, 0.25) is 0 Å². The number of alkyl halides is 2. The van der Waals surface area contributed by atoms with E-state index in [0.29, 0.717) is 21.8 Å². The zero-order valence-corrected chi connectivity index (χ0v) is 18.0. The molecule has 1 N–H and O–H groups in total. The standard InChI is InChI=1S/C23H20F2N4O2S/c1-32-22-27-17-8-4-6-15(20(17)28-22)21(30)29-12-11-23(24,25)18(13-29)31-19-10-9-14-5-2-3-7-16(14)26-19/h2-10,18H,11-13H2,1H3,(H,27,28). The van der Waals surface area contributed by atoms with Crippen LogP contribution in [0.1, 0.15) is 16.8 Å². The summed E-state index contributed by atoms with van der Waals surface area (Å²) in [4.78, 5) is 26.6. The summed E-state index contributed by atoms with van der Waals surface area (Å²) < 4.78 is 35.0. The van der Waals surface area contributed by atoms with Gasteiger partial charge in [0.05, 0.1) is 23.1 Å². The molecule has 32 heavy (non-hydrogen) atoms. The Hall–Kier alpha value is -3.20. The fourth-order valence-electron chi connectivity index (χ4n) is 3.89. The van der Waals surface area contributed by atoms with Crippen LogP contribution in [0.4, 0.5) is 8.78 Å². The van der Waals surface area contributed by atoms with Crippen molar-refractivity contribution >= 4 is 39.6 Å². The van der Waals surface area contributed by atoms with Crippen molar-refractivity contribution in [2.75, 3.05) is 19.3 Å². The second kappa shape index (κ2) is 8.05. The van der Waals surface area contributed by atoms with Gasteiger partial charge in [0.25, 0.3) is 11.8 Å². The lowest BCUT2D eigenvalue weighted by Crippen LogP contribution is -2.55. The third-order valence-electron chi connectivity index (χ3n) is 5.61. The first-order valence-corrected chi connectivity index (χ1v) is 11.4. The number of nitrogens with zero attached hydrogens (tertiary/aromatic N) is 3. The van der Waals surface area contributed by atoms with Crippen molar-refractivity contribution in [1.82, 2.24) is 19.9 Å². The summed E-state index contributed by atoms with van der Waals surface area (Å²) in [5.74, 6) is -3.30. The fraction of sp³-hybridized carbons (Fsp3) is 0.261. The van der Waals surface area contributed by atoms with Crippen molar-refractivity contribution in [2.24, 2.45) is 0 Å². The molecule has 1 aliphatic heterocycles. The number of fused-ring (bicyclic) bond motifs is 2. The number of benzene rings is 2. The molecule has 3 heterocycles. The molecule has 0 radical (unpaired) electrons. The smallest absolute Gasteiger partial charge is 0.287 e. The highest BCUT2D eigenvalue weighted by Gasteiger charge is 2.47. The zero-order valence-electron chi connectivity index (χ0n) is 17.2. The maximum Gasteiger partial charge on any atom is 0.287 e. The van der Waals surface area contributed by atoms with E-state index in [0.717, 1.165) is 10.9 Å². The summed E-state index contributed by atoms with van der Waals surface area (Å²) in [5.41, 5.74) is 2.31. The van der Waals surface area contributed by atoms with Gasteiger partial charge in [0, 0.05) is 24.4 Å². The average Bonchev–Trinajstić information content (AvgIpc) is 3.23. The van der Waals surface area contributed by atoms with Crippen LogP contribution in [0.3, 0.4) is 0 Å². The van der Waals surface area contributed by atoms with Crippen LogP contribution < -0.4 is 4.74 Å². The molecule has 5 rings (SSSR count). The summed E-state index contributed by atoms with van der Waals surface area (Å²) >= 11 is 1.43. The number of thioether (sulfide) groups is 1. The number of carbonyl (C=O) groups excluding carboxylic acids is 1. The molecule has 1 amide bonds. The van der Waals surface area contributed by atoms with Crippen molar-refractivity contribution in [2.45, 2.75) is 23.6 Å². The number of H-pyrrole nitrogens is 1. The van der Waals surface area contributed by atoms with Crippen molar-refractivity contribution < 1.29 is 18.3 Å². The first-order valence-electron chi connectivity index (χ1n) is 10.2. The number of aromatic nitrogens is 3. The second-order valence-corrected chi connectivity index (χ2v) is 8.45. The number of piperidine rings is 1. The number of pyridine rings is 1. The van der Waals surface area contributed by atoms with Gasteiger partial charge in [-0.05, 0) is 30.5 Å². The third kappa shape index (κ3) is 3.77. The summed E-state index contributed by atoms with van der Waals surface area (Å²) in [7, 11) is 0. The number of imidazole rings is 1. The third-order valence-corrected chi connectivity index (χ3v) is 6.19. The number of halogens is 2. The summed E-state index contributed by atoms with van der Waals surface area (Å²) in [5, 5.41) is 1.58. The quantitative estimate of drug-likeness (QED) is 0.450. The lowest BCUT2D eigenvalue weighted by Gasteiger charge is -2.38. The molecule has 164 valence electrons. The molecule has 0 bridgehead atoms. The molecule has 2 aromatic carbocycles. The van der Waals surface area contributed by atoms with Crippen molar-refractivity contribution in [3.8, 4) is 5.88 Å². The van der Waals surface area contributed by atoms with Crippen LogP contribution in [-0.4, -0.2) is 57.1 Å². The molecule has 2 aromatic heterocycles. The van der Waals surface area contributed by atoms with Gasteiger partial charge in [0.15, 0.2) is 11.3 Å². The van der Waals surface area contributed by atoms with Crippen molar-refractivity contribution in [1.29, 1.82) is 0 Å². The van der Waals surface area contributed by atoms with E-state index >= 15 is 0 Å². The van der Waals surface area contributed by atoms with Crippen LogP contribution in [0.5, 0.6) is 5.88 Å². The van der Waals surface area contributed by atoms with E-state index in [1.165, 1.54) is 16.7 Å². The number of para-hydroxylation sites is 2.